The first-order valence-corrected chi connectivity index (χ1v) is 9.81. The van der Waals surface area contributed by atoms with Crippen LogP contribution in [0.4, 0.5) is 5.95 Å². The molecule has 2 heterocycles. The van der Waals surface area contributed by atoms with Crippen molar-refractivity contribution in [1.82, 2.24) is 9.55 Å². The molecule has 0 fully saturated rings. The largest absolute Gasteiger partial charge is 0.478 e. The summed E-state index contributed by atoms with van der Waals surface area (Å²) in [4.78, 5) is 28.2. The third kappa shape index (κ3) is 4.72. The molecule has 156 valence electrons. The third-order valence-corrected chi connectivity index (χ3v) is 5.01. The van der Waals surface area contributed by atoms with Gasteiger partial charge in [0.25, 0.3) is 5.56 Å². The number of anilines is 1. The van der Waals surface area contributed by atoms with Crippen molar-refractivity contribution in [3.05, 3.63) is 106 Å². The van der Waals surface area contributed by atoms with Crippen LogP contribution in [0.5, 0.6) is 0 Å². The normalized spacial score (nSPS) is 10.8. The fourth-order valence-electron chi connectivity index (χ4n) is 3.44. The van der Waals surface area contributed by atoms with Gasteiger partial charge in [0.1, 0.15) is 5.76 Å². The lowest BCUT2D eigenvalue weighted by molar-refractivity contribution is 0.0696. The first-order valence-electron chi connectivity index (χ1n) is 9.81. The monoisotopic (exact) mass is 415 g/mol. The number of furan rings is 1. The maximum Gasteiger partial charge on any atom is 0.335 e. The lowest BCUT2D eigenvalue weighted by Crippen LogP contribution is -2.25. The Morgan fingerprint density at radius 2 is 1.81 bits per heavy atom. The lowest BCUT2D eigenvalue weighted by atomic mass is 10.0. The molecule has 3 N–H and O–H groups in total. The summed E-state index contributed by atoms with van der Waals surface area (Å²) in [6.07, 6.45) is 2.91. The van der Waals surface area contributed by atoms with Gasteiger partial charge in [0.05, 0.1) is 24.1 Å². The number of nitrogens with zero attached hydrogens (tertiary/aromatic N) is 2. The van der Waals surface area contributed by atoms with Gasteiger partial charge >= 0.3 is 5.97 Å². The number of aromatic carboxylic acids is 1. The van der Waals surface area contributed by atoms with Crippen molar-refractivity contribution in [2.45, 2.75) is 19.4 Å². The van der Waals surface area contributed by atoms with Gasteiger partial charge in [0.15, 0.2) is 0 Å². The number of carboxylic acid groups (broad SMARTS) is 1. The van der Waals surface area contributed by atoms with Gasteiger partial charge < -0.3 is 15.3 Å². The first-order chi connectivity index (χ1) is 15.0. The number of benzene rings is 2. The average molecular weight is 415 g/mol. The van der Waals surface area contributed by atoms with Crippen molar-refractivity contribution < 1.29 is 14.3 Å². The van der Waals surface area contributed by atoms with Gasteiger partial charge in [0.2, 0.25) is 5.95 Å². The Labute approximate surface area is 178 Å². The van der Waals surface area contributed by atoms with Crippen LogP contribution in [0.2, 0.25) is 0 Å². The Balaban J connectivity index is 1.49. The maximum absolute atomic E-state index is 12.6. The van der Waals surface area contributed by atoms with E-state index < -0.39 is 5.97 Å². The standard InChI is InChI=1S/C24H21N3O4/c25-24-26-20(10-9-16-4-1-6-18(12-16)21-8-3-11-31-21)14-22(28)27(24)15-17-5-2-7-19(13-17)23(29)30/h1-8,11-14H,9-10,15H2,(H2,25,26)(H,29,30). The smallest absolute Gasteiger partial charge is 0.335 e. The second-order valence-corrected chi connectivity index (χ2v) is 7.21. The SMILES string of the molecule is Nc1nc(CCc2cccc(-c3ccco3)c2)cc(=O)n1Cc1cccc(C(=O)O)c1. The van der Waals surface area contributed by atoms with E-state index in [0.717, 1.165) is 16.9 Å². The second kappa shape index (κ2) is 8.71. The van der Waals surface area contributed by atoms with Gasteiger partial charge in [-0.1, -0.05) is 30.3 Å². The highest BCUT2D eigenvalue weighted by Gasteiger charge is 2.10. The minimum absolute atomic E-state index is 0.104. The molecule has 7 heteroatoms. The topological polar surface area (TPSA) is 111 Å². The van der Waals surface area contributed by atoms with Crippen LogP contribution in [-0.4, -0.2) is 20.6 Å². The van der Waals surface area contributed by atoms with Gasteiger partial charge in [0, 0.05) is 11.6 Å². The van der Waals surface area contributed by atoms with Gasteiger partial charge in [-0.2, -0.15) is 0 Å². The van der Waals surface area contributed by atoms with Crippen molar-refractivity contribution in [2.24, 2.45) is 0 Å². The molecule has 0 amide bonds. The molecule has 0 saturated carbocycles. The molecule has 0 atom stereocenters. The zero-order valence-electron chi connectivity index (χ0n) is 16.7. The summed E-state index contributed by atoms with van der Waals surface area (Å²) in [7, 11) is 0. The minimum Gasteiger partial charge on any atom is -0.478 e. The second-order valence-electron chi connectivity index (χ2n) is 7.21. The van der Waals surface area contributed by atoms with Crippen molar-refractivity contribution in [2.75, 3.05) is 5.73 Å². The molecule has 4 rings (SSSR count). The molecule has 0 aliphatic carbocycles. The Bertz CT molecular complexity index is 1280. The minimum atomic E-state index is -1.02. The number of carboxylic acids is 1. The van der Waals surface area contributed by atoms with E-state index in [1.54, 1.807) is 18.4 Å². The Kier molecular flexibility index (Phi) is 5.66. The van der Waals surface area contributed by atoms with E-state index in [-0.39, 0.29) is 23.6 Å². The Hall–Kier alpha value is -4.13. The van der Waals surface area contributed by atoms with Crippen LogP contribution in [0.1, 0.15) is 27.2 Å². The highest BCUT2D eigenvalue weighted by molar-refractivity contribution is 5.87. The van der Waals surface area contributed by atoms with E-state index in [2.05, 4.69) is 11.1 Å². The molecule has 0 aliphatic heterocycles. The molecule has 0 aliphatic rings. The van der Waals surface area contributed by atoms with E-state index in [0.29, 0.717) is 24.1 Å². The van der Waals surface area contributed by atoms with Gasteiger partial charge in [-0.3, -0.25) is 9.36 Å². The van der Waals surface area contributed by atoms with E-state index >= 15 is 0 Å². The van der Waals surface area contributed by atoms with Crippen molar-refractivity contribution in [3.63, 3.8) is 0 Å². The number of hydrogen-bond acceptors (Lipinski definition) is 5. The number of aryl methyl sites for hydroxylation is 2. The maximum atomic E-state index is 12.6. The van der Waals surface area contributed by atoms with Gasteiger partial charge in [-0.25, -0.2) is 9.78 Å². The summed E-state index contributed by atoms with van der Waals surface area (Å²) in [5.74, 6) is -0.113. The molecule has 0 radical (unpaired) electrons. The Morgan fingerprint density at radius 1 is 1.00 bits per heavy atom. The van der Waals surface area contributed by atoms with Crippen LogP contribution >= 0.6 is 0 Å². The van der Waals surface area contributed by atoms with Crippen LogP contribution in [0.3, 0.4) is 0 Å². The van der Waals surface area contributed by atoms with Crippen molar-refractivity contribution in [1.29, 1.82) is 0 Å². The molecule has 2 aromatic carbocycles. The fourth-order valence-corrected chi connectivity index (χ4v) is 3.44. The lowest BCUT2D eigenvalue weighted by Gasteiger charge is -2.11. The highest BCUT2D eigenvalue weighted by Crippen LogP contribution is 2.21. The summed E-state index contributed by atoms with van der Waals surface area (Å²) in [5.41, 5.74) is 9.31. The molecule has 31 heavy (non-hydrogen) atoms. The number of rotatable bonds is 7. The summed E-state index contributed by atoms with van der Waals surface area (Å²) in [6, 6.07) is 19.7. The molecule has 0 saturated heterocycles. The number of nitrogens with two attached hydrogens (primary N) is 1. The Morgan fingerprint density at radius 3 is 2.55 bits per heavy atom. The summed E-state index contributed by atoms with van der Waals surface area (Å²) >= 11 is 0. The molecular formula is C24H21N3O4. The number of aromatic nitrogens is 2. The van der Waals surface area contributed by atoms with Gasteiger partial charge in [-0.05, 0) is 54.3 Å². The van der Waals surface area contributed by atoms with Crippen LogP contribution < -0.4 is 11.3 Å². The zero-order chi connectivity index (χ0) is 21.8. The van der Waals surface area contributed by atoms with E-state index in [9.17, 15) is 9.59 Å². The van der Waals surface area contributed by atoms with Crippen LogP contribution in [0, 0.1) is 0 Å². The number of nitrogen functional groups attached to an aromatic ring is 1. The summed E-state index contributed by atoms with van der Waals surface area (Å²) in [6.45, 7) is 0.157. The van der Waals surface area contributed by atoms with Gasteiger partial charge in [-0.15, -0.1) is 0 Å². The van der Waals surface area contributed by atoms with E-state index in [1.165, 1.54) is 22.8 Å². The molecular weight excluding hydrogens is 394 g/mol. The predicted octanol–water partition coefficient (Wildman–Crippen LogP) is 3.62. The molecule has 7 nitrogen and oxygen atoms in total. The first kappa shape index (κ1) is 20.2. The quantitative estimate of drug-likeness (QED) is 0.477. The van der Waals surface area contributed by atoms with E-state index in [1.807, 2.05) is 30.3 Å². The molecule has 2 aromatic heterocycles. The summed E-state index contributed by atoms with van der Waals surface area (Å²) in [5, 5.41) is 9.13. The van der Waals surface area contributed by atoms with Crippen molar-refractivity contribution in [3.8, 4) is 11.3 Å². The predicted molar refractivity (Wildman–Crippen MR) is 117 cm³/mol. The fraction of sp³-hybridized carbons (Fsp3) is 0.125. The summed E-state index contributed by atoms with van der Waals surface area (Å²) < 4.78 is 6.78. The molecule has 0 unspecified atom stereocenters. The van der Waals surface area contributed by atoms with Crippen LogP contribution in [0.25, 0.3) is 11.3 Å². The number of hydrogen-bond donors (Lipinski definition) is 2. The molecule has 0 spiro atoms. The zero-order valence-corrected chi connectivity index (χ0v) is 16.7. The average Bonchev–Trinajstić information content (AvgIpc) is 3.30. The number of carbonyl (C=O) groups is 1. The van der Waals surface area contributed by atoms with Crippen LogP contribution in [-0.2, 0) is 19.4 Å². The highest BCUT2D eigenvalue weighted by atomic mass is 16.4. The third-order valence-electron chi connectivity index (χ3n) is 5.01. The van der Waals surface area contributed by atoms with E-state index in [4.69, 9.17) is 15.3 Å². The molecule has 0 bridgehead atoms. The molecule has 4 aromatic rings. The van der Waals surface area contributed by atoms with Crippen LogP contribution in [0.15, 0.2) is 82.2 Å². The van der Waals surface area contributed by atoms with Crippen molar-refractivity contribution >= 4 is 11.9 Å².